The number of hydrogen-bond donors (Lipinski definition) is 1. The number of hydrogen-bond acceptors (Lipinski definition) is 4. The second-order valence-electron chi connectivity index (χ2n) is 2.92. The summed E-state index contributed by atoms with van der Waals surface area (Å²) in [6.07, 6.45) is 1.91. The molecule has 17 heavy (non-hydrogen) atoms. The van der Waals surface area contributed by atoms with Gasteiger partial charge in [0.1, 0.15) is 0 Å². The molecule has 0 aliphatic rings. The van der Waals surface area contributed by atoms with Gasteiger partial charge in [-0.15, -0.1) is 0 Å². The zero-order valence-electron chi connectivity index (χ0n) is 12.1. The van der Waals surface area contributed by atoms with Crippen LogP contribution in [0.1, 0.15) is 41.0 Å². The highest BCUT2D eigenvalue weighted by Crippen LogP contribution is 2.44. The lowest BCUT2D eigenvalue weighted by atomic mass is 10.5. The van der Waals surface area contributed by atoms with Crippen molar-refractivity contribution in [2.24, 2.45) is 5.73 Å². The summed E-state index contributed by atoms with van der Waals surface area (Å²) < 4.78 is 16.7. The van der Waals surface area contributed by atoms with Crippen LogP contribution in [-0.4, -0.2) is 38.6 Å². The lowest BCUT2D eigenvalue weighted by molar-refractivity contribution is -0.0837. The van der Waals surface area contributed by atoms with Crippen molar-refractivity contribution in [3.8, 4) is 0 Å². The van der Waals surface area contributed by atoms with Crippen LogP contribution < -0.4 is 5.73 Å². The molecule has 0 rings (SSSR count). The molecule has 0 radical (unpaired) electrons. The quantitative estimate of drug-likeness (QED) is 0.488. The van der Waals surface area contributed by atoms with Crippen molar-refractivity contribution in [2.75, 3.05) is 32.5 Å². The van der Waals surface area contributed by atoms with Crippen molar-refractivity contribution >= 4 is 8.15 Å². The van der Waals surface area contributed by atoms with E-state index in [2.05, 4.69) is 0 Å². The molecular weight excluding hydrogens is 237 g/mol. The van der Waals surface area contributed by atoms with Crippen LogP contribution in [0.25, 0.3) is 0 Å². The van der Waals surface area contributed by atoms with E-state index >= 15 is 0 Å². The van der Waals surface area contributed by atoms with Crippen molar-refractivity contribution < 1.29 is 14.0 Å². The van der Waals surface area contributed by atoms with Crippen molar-refractivity contribution in [1.82, 2.24) is 0 Å². The maximum atomic E-state index is 5.67. The van der Waals surface area contributed by atoms with E-state index < -0.39 is 8.15 Å². The Morgan fingerprint density at radius 2 is 1.53 bits per heavy atom. The standard InChI is InChI=1S/C10H24NO3P.C2H6/c1-4-12-10(13-5-2)15(14-6-3)9-7-8-11;1-2/h10H,4-9,11H2,1-3H3;1-2H3. The Bertz CT molecular complexity index is 133. The Labute approximate surface area is 108 Å². The van der Waals surface area contributed by atoms with E-state index in [4.69, 9.17) is 19.7 Å². The Balaban J connectivity index is 0. The van der Waals surface area contributed by atoms with E-state index in [-0.39, 0.29) is 6.03 Å². The van der Waals surface area contributed by atoms with Crippen LogP contribution in [0, 0.1) is 0 Å². The molecule has 2 N–H and O–H groups in total. The highest BCUT2D eigenvalue weighted by atomic mass is 31.1. The van der Waals surface area contributed by atoms with E-state index in [0.29, 0.717) is 26.4 Å². The normalized spacial score (nSPS) is 12.2. The minimum absolute atomic E-state index is 0.193. The maximum absolute atomic E-state index is 5.67. The third-order valence-corrected chi connectivity index (χ3v) is 3.85. The fourth-order valence-corrected chi connectivity index (χ4v) is 3.06. The molecule has 0 aromatic rings. The molecule has 0 aromatic carbocycles. The molecule has 1 atom stereocenters. The third kappa shape index (κ3) is 11.1. The number of ether oxygens (including phenoxy) is 2. The molecule has 0 heterocycles. The molecule has 1 unspecified atom stereocenters. The van der Waals surface area contributed by atoms with Gasteiger partial charge in [-0.3, -0.25) is 0 Å². The van der Waals surface area contributed by atoms with E-state index in [1.54, 1.807) is 0 Å². The highest BCUT2D eigenvalue weighted by Gasteiger charge is 2.22. The predicted octanol–water partition coefficient (Wildman–Crippen LogP) is 3.15. The van der Waals surface area contributed by atoms with Gasteiger partial charge in [-0.05, 0) is 39.9 Å². The first-order chi connectivity index (χ1) is 8.29. The van der Waals surface area contributed by atoms with Gasteiger partial charge < -0.3 is 19.7 Å². The molecular formula is C12H30NO3P. The fourth-order valence-electron chi connectivity index (χ4n) is 1.14. The number of nitrogens with two attached hydrogens (primary N) is 1. The average molecular weight is 267 g/mol. The van der Waals surface area contributed by atoms with Gasteiger partial charge in [0.15, 0.2) is 0 Å². The predicted molar refractivity (Wildman–Crippen MR) is 75.5 cm³/mol. The van der Waals surface area contributed by atoms with Gasteiger partial charge in [-0.2, -0.15) is 0 Å². The Morgan fingerprint density at radius 3 is 1.88 bits per heavy atom. The van der Waals surface area contributed by atoms with Crippen LogP contribution in [0.5, 0.6) is 0 Å². The summed E-state index contributed by atoms with van der Waals surface area (Å²) in [6, 6.07) is -0.193. The summed E-state index contributed by atoms with van der Waals surface area (Å²) in [5.74, 6) is 0. The van der Waals surface area contributed by atoms with Crippen LogP contribution in [0.4, 0.5) is 0 Å². The summed E-state index contributed by atoms with van der Waals surface area (Å²) in [6.45, 7) is 12.6. The van der Waals surface area contributed by atoms with Gasteiger partial charge in [-0.1, -0.05) is 13.8 Å². The second-order valence-corrected chi connectivity index (χ2v) is 4.88. The minimum Gasteiger partial charge on any atom is -0.354 e. The van der Waals surface area contributed by atoms with Crippen molar-refractivity contribution in [2.45, 2.75) is 47.1 Å². The van der Waals surface area contributed by atoms with Crippen molar-refractivity contribution in [3.05, 3.63) is 0 Å². The van der Waals surface area contributed by atoms with Gasteiger partial charge in [0.2, 0.25) is 6.03 Å². The molecule has 0 aromatic heterocycles. The Hall–Kier alpha value is 0.270. The van der Waals surface area contributed by atoms with Gasteiger partial charge in [0.25, 0.3) is 0 Å². The Morgan fingerprint density at radius 1 is 1.00 bits per heavy atom. The second kappa shape index (κ2) is 16.3. The van der Waals surface area contributed by atoms with Crippen molar-refractivity contribution in [3.63, 3.8) is 0 Å². The first-order valence-corrected chi connectivity index (χ1v) is 8.14. The molecule has 4 nitrogen and oxygen atoms in total. The van der Waals surface area contributed by atoms with Gasteiger partial charge >= 0.3 is 0 Å². The minimum atomic E-state index is -0.666. The summed E-state index contributed by atoms with van der Waals surface area (Å²) in [5.41, 5.74) is 5.49. The summed E-state index contributed by atoms with van der Waals surface area (Å²) in [7, 11) is -0.666. The molecule has 0 saturated carbocycles. The summed E-state index contributed by atoms with van der Waals surface area (Å²) in [4.78, 5) is 0. The topological polar surface area (TPSA) is 53.7 Å². The van der Waals surface area contributed by atoms with Gasteiger partial charge in [-0.25, -0.2) is 0 Å². The van der Waals surface area contributed by atoms with E-state index in [9.17, 15) is 0 Å². The smallest absolute Gasteiger partial charge is 0.201 e. The van der Waals surface area contributed by atoms with Gasteiger partial charge in [0, 0.05) is 19.8 Å². The molecule has 0 spiro atoms. The molecule has 0 saturated heterocycles. The van der Waals surface area contributed by atoms with E-state index in [0.717, 1.165) is 12.6 Å². The van der Waals surface area contributed by atoms with Gasteiger partial charge in [0.05, 0.1) is 8.15 Å². The van der Waals surface area contributed by atoms with Crippen LogP contribution in [0.3, 0.4) is 0 Å². The van der Waals surface area contributed by atoms with E-state index in [1.807, 2.05) is 34.6 Å². The first-order valence-electron chi connectivity index (χ1n) is 6.62. The molecule has 0 aliphatic carbocycles. The van der Waals surface area contributed by atoms with Crippen LogP contribution in [-0.2, 0) is 14.0 Å². The molecule has 0 bridgehead atoms. The molecule has 0 aliphatic heterocycles. The number of rotatable bonds is 10. The largest absolute Gasteiger partial charge is 0.354 e. The van der Waals surface area contributed by atoms with E-state index in [1.165, 1.54) is 0 Å². The molecule has 106 valence electrons. The zero-order valence-corrected chi connectivity index (χ0v) is 13.0. The first kappa shape index (κ1) is 19.6. The maximum Gasteiger partial charge on any atom is 0.201 e. The average Bonchev–Trinajstić information content (AvgIpc) is 2.37. The monoisotopic (exact) mass is 267 g/mol. The van der Waals surface area contributed by atoms with Crippen LogP contribution in [0.15, 0.2) is 0 Å². The lowest BCUT2D eigenvalue weighted by Gasteiger charge is -2.26. The van der Waals surface area contributed by atoms with Crippen LogP contribution in [0.2, 0.25) is 0 Å². The zero-order chi connectivity index (χ0) is 13.5. The third-order valence-electron chi connectivity index (χ3n) is 1.73. The van der Waals surface area contributed by atoms with Crippen LogP contribution >= 0.6 is 8.15 Å². The highest BCUT2D eigenvalue weighted by molar-refractivity contribution is 7.52. The summed E-state index contributed by atoms with van der Waals surface area (Å²) >= 11 is 0. The Kier molecular flexibility index (Phi) is 18.8. The SMILES string of the molecule is CC.CCOC(OCC)P(CCCN)OCC. The summed E-state index contributed by atoms with van der Waals surface area (Å²) in [5, 5.41) is 0. The lowest BCUT2D eigenvalue weighted by Crippen LogP contribution is -2.19. The molecule has 0 fully saturated rings. The molecule has 0 amide bonds. The van der Waals surface area contributed by atoms with Crippen molar-refractivity contribution in [1.29, 1.82) is 0 Å². The fraction of sp³-hybridized carbons (Fsp3) is 1.00. The molecule has 5 heteroatoms.